The molecule has 1 atom stereocenters. The van der Waals surface area contributed by atoms with Crippen molar-refractivity contribution >= 4 is 11.9 Å². The number of nitrogens with zero attached hydrogens (tertiary/aromatic N) is 1. The maximum atomic E-state index is 13.0. The van der Waals surface area contributed by atoms with Gasteiger partial charge in [-0.2, -0.15) is 5.26 Å². The molecule has 106 valence electrons. The van der Waals surface area contributed by atoms with Crippen molar-refractivity contribution in [1.29, 1.82) is 5.26 Å². The molecule has 0 heterocycles. The molecule has 0 saturated carbocycles. The van der Waals surface area contributed by atoms with Crippen LogP contribution in [-0.2, 0) is 9.53 Å². The Hall–Kier alpha value is -2.49. The van der Waals surface area contributed by atoms with Crippen LogP contribution in [0.25, 0.3) is 0 Å². The van der Waals surface area contributed by atoms with Crippen molar-refractivity contribution in [3.63, 3.8) is 0 Å². The monoisotopic (exact) mass is 282 g/mol. The number of nitrogens with one attached hydrogen (secondary N) is 1. The van der Waals surface area contributed by atoms with Crippen molar-refractivity contribution in [1.82, 2.24) is 5.32 Å². The van der Waals surface area contributed by atoms with Crippen LogP contribution in [0.3, 0.4) is 0 Å². The first kappa shape index (κ1) is 15.6. The lowest BCUT2D eigenvalue weighted by Gasteiger charge is -2.15. The third-order valence-corrected chi connectivity index (χ3v) is 2.46. The van der Waals surface area contributed by atoms with Gasteiger partial charge in [-0.05, 0) is 18.6 Å². The van der Waals surface area contributed by atoms with Gasteiger partial charge >= 0.3 is 5.97 Å². The Morgan fingerprint density at radius 1 is 1.35 bits per heavy atom. The lowest BCUT2D eigenvalue weighted by molar-refractivity contribution is -0.143. The molecule has 1 N–H and O–H groups in total. The van der Waals surface area contributed by atoms with Crippen LogP contribution in [0.2, 0.25) is 0 Å². The molecule has 0 saturated heterocycles. The van der Waals surface area contributed by atoms with Crippen molar-refractivity contribution in [2.24, 2.45) is 0 Å². The fourth-order valence-electron chi connectivity index (χ4n) is 1.53. The van der Waals surface area contributed by atoms with Gasteiger partial charge in [0.1, 0.15) is 17.7 Å². The normalized spacial score (nSPS) is 11.3. The second kappa shape index (κ2) is 7.19. The number of methoxy groups -OCH3 is 1. The highest BCUT2D eigenvalue weighted by Crippen LogP contribution is 2.09. The molecule has 0 radical (unpaired) electrons. The maximum Gasteiger partial charge on any atom is 0.328 e. The lowest BCUT2D eigenvalue weighted by atomic mass is 10.1. The van der Waals surface area contributed by atoms with Crippen molar-refractivity contribution in [2.45, 2.75) is 18.9 Å². The molecular formula is C13H12F2N2O3. The average Bonchev–Trinajstić information content (AvgIpc) is 2.41. The molecule has 1 rings (SSSR count). The highest BCUT2D eigenvalue weighted by molar-refractivity contribution is 5.96. The van der Waals surface area contributed by atoms with Gasteiger partial charge in [0.2, 0.25) is 0 Å². The fourth-order valence-corrected chi connectivity index (χ4v) is 1.53. The third-order valence-electron chi connectivity index (χ3n) is 2.46. The Morgan fingerprint density at radius 3 is 2.45 bits per heavy atom. The molecule has 0 spiro atoms. The minimum atomic E-state index is -1.04. The predicted octanol–water partition coefficient (Wildman–Crippen LogP) is 1.54. The number of rotatable bonds is 5. The van der Waals surface area contributed by atoms with Crippen molar-refractivity contribution in [3.8, 4) is 6.07 Å². The lowest BCUT2D eigenvalue weighted by Crippen LogP contribution is -2.41. The van der Waals surface area contributed by atoms with E-state index in [0.29, 0.717) is 6.07 Å². The molecule has 7 heteroatoms. The molecule has 1 aromatic rings. The third kappa shape index (κ3) is 4.31. The number of carbonyl (C=O) groups excluding carboxylic acids is 2. The zero-order chi connectivity index (χ0) is 15.1. The Kier molecular flexibility index (Phi) is 5.59. The highest BCUT2D eigenvalue weighted by atomic mass is 19.1. The Labute approximate surface area is 114 Å². The molecule has 5 nitrogen and oxygen atoms in total. The maximum absolute atomic E-state index is 13.0. The predicted molar refractivity (Wildman–Crippen MR) is 64.5 cm³/mol. The van der Waals surface area contributed by atoms with E-state index in [2.05, 4.69) is 10.1 Å². The zero-order valence-corrected chi connectivity index (χ0v) is 10.7. The van der Waals surface area contributed by atoms with Crippen molar-refractivity contribution in [3.05, 3.63) is 35.4 Å². The number of hydrogen-bond acceptors (Lipinski definition) is 4. The second-order valence-corrected chi connectivity index (χ2v) is 3.90. The Bertz CT molecular complexity index is 535. The summed E-state index contributed by atoms with van der Waals surface area (Å²) in [6.45, 7) is 0. The number of ether oxygens (including phenoxy) is 1. The number of amides is 1. The molecular weight excluding hydrogens is 270 g/mol. The van der Waals surface area contributed by atoms with Crippen molar-refractivity contribution < 1.29 is 23.1 Å². The molecule has 20 heavy (non-hydrogen) atoms. The minimum Gasteiger partial charge on any atom is -0.467 e. The summed E-state index contributed by atoms with van der Waals surface area (Å²) in [6.07, 6.45) is 0.0737. The summed E-state index contributed by atoms with van der Waals surface area (Å²) in [6, 6.07) is 3.10. The largest absolute Gasteiger partial charge is 0.467 e. The van der Waals surface area contributed by atoms with Gasteiger partial charge in [-0.1, -0.05) is 0 Å². The van der Waals surface area contributed by atoms with Gasteiger partial charge in [0.05, 0.1) is 13.2 Å². The topological polar surface area (TPSA) is 79.2 Å². The van der Waals surface area contributed by atoms with E-state index in [1.807, 2.05) is 6.07 Å². The van der Waals surface area contributed by atoms with E-state index < -0.39 is 29.6 Å². The molecule has 1 aromatic carbocycles. The van der Waals surface area contributed by atoms with Crippen LogP contribution < -0.4 is 5.32 Å². The first-order chi connectivity index (χ1) is 9.47. The first-order valence-corrected chi connectivity index (χ1v) is 5.69. The standard InChI is InChI=1S/C13H12F2N2O3/c1-20-13(19)11(3-2-4-16)17-12(18)8-5-9(14)7-10(15)6-8/h5-7,11H,2-3H2,1H3,(H,17,18)/t11-/m0/s1. The van der Waals surface area contributed by atoms with Gasteiger partial charge in [0, 0.05) is 18.1 Å². The molecule has 0 bridgehead atoms. The van der Waals surface area contributed by atoms with Crippen LogP contribution in [0.5, 0.6) is 0 Å². The van der Waals surface area contributed by atoms with E-state index in [1.54, 1.807) is 0 Å². The summed E-state index contributed by atoms with van der Waals surface area (Å²) in [5, 5.41) is 10.8. The smallest absolute Gasteiger partial charge is 0.328 e. The van der Waals surface area contributed by atoms with Crippen LogP contribution in [-0.4, -0.2) is 25.0 Å². The van der Waals surface area contributed by atoms with Gasteiger partial charge < -0.3 is 10.1 Å². The molecule has 0 aliphatic rings. The second-order valence-electron chi connectivity index (χ2n) is 3.90. The summed E-state index contributed by atoms with van der Waals surface area (Å²) in [4.78, 5) is 23.2. The van der Waals surface area contributed by atoms with Gasteiger partial charge in [-0.3, -0.25) is 4.79 Å². The van der Waals surface area contributed by atoms with E-state index in [1.165, 1.54) is 0 Å². The summed E-state index contributed by atoms with van der Waals surface area (Å²) in [5.74, 6) is -3.36. The minimum absolute atomic E-state index is 0.0254. The zero-order valence-electron chi connectivity index (χ0n) is 10.7. The molecule has 0 fully saturated rings. The molecule has 0 aliphatic heterocycles. The number of nitriles is 1. The van der Waals surface area contributed by atoms with Gasteiger partial charge in [-0.15, -0.1) is 0 Å². The van der Waals surface area contributed by atoms with E-state index in [-0.39, 0.29) is 18.4 Å². The van der Waals surface area contributed by atoms with Gasteiger partial charge in [0.25, 0.3) is 5.91 Å². The van der Waals surface area contributed by atoms with E-state index >= 15 is 0 Å². The van der Waals surface area contributed by atoms with E-state index in [4.69, 9.17) is 5.26 Å². The van der Waals surface area contributed by atoms with Gasteiger partial charge in [0.15, 0.2) is 0 Å². The quantitative estimate of drug-likeness (QED) is 0.831. The van der Waals surface area contributed by atoms with Crippen LogP contribution in [0, 0.1) is 23.0 Å². The molecule has 0 aromatic heterocycles. The summed E-state index contributed by atoms with van der Waals surface area (Å²) in [7, 11) is 1.13. The number of halogens is 2. The first-order valence-electron chi connectivity index (χ1n) is 5.69. The molecule has 1 amide bonds. The highest BCUT2D eigenvalue weighted by Gasteiger charge is 2.22. The summed E-state index contributed by atoms with van der Waals surface area (Å²) >= 11 is 0. The molecule has 0 aliphatic carbocycles. The Morgan fingerprint density at radius 2 is 1.95 bits per heavy atom. The van der Waals surface area contributed by atoms with Crippen LogP contribution in [0.1, 0.15) is 23.2 Å². The van der Waals surface area contributed by atoms with Crippen molar-refractivity contribution in [2.75, 3.05) is 7.11 Å². The number of benzene rings is 1. The Balaban J connectivity index is 2.84. The fraction of sp³-hybridized carbons (Fsp3) is 0.308. The van der Waals surface area contributed by atoms with Crippen LogP contribution in [0.4, 0.5) is 8.78 Å². The van der Waals surface area contributed by atoms with Crippen LogP contribution in [0.15, 0.2) is 18.2 Å². The van der Waals surface area contributed by atoms with Gasteiger partial charge in [-0.25, -0.2) is 13.6 Å². The van der Waals surface area contributed by atoms with Crippen LogP contribution >= 0.6 is 0 Å². The van der Waals surface area contributed by atoms with E-state index in [0.717, 1.165) is 19.2 Å². The number of hydrogen-bond donors (Lipinski definition) is 1. The number of carbonyl (C=O) groups is 2. The molecule has 0 unspecified atom stereocenters. The average molecular weight is 282 g/mol. The van der Waals surface area contributed by atoms with E-state index in [9.17, 15) is 18.4 Å². The summed E-state index contributed by atoms with van der Waals surface area (Å²) in [5.41, 5.74) is -0.256. The number of esters is 1. The SMILES string of the molecule is COC(=O)[C@H](CCC#N)NC(=O)c1cc(F)cc(F)c1. The summed E-state index contributed by atoms with van der Waals surface area (Å²) < 4.78 is 30.5.